The summed E-state index contributed by atoms with van der Waals surface area (Å²) in [6.07, 6.45) is 14.3. The third-order valence-electron chi connectivity index (χ3n) is 6.91. The molecule has 23 heavy (non-hydrogen) atoms. The highest BCUT2D eigenvalue weighted by molar-refractivity contribution is 6.01. The Morgan fingerprint density at radius 3 is 2.78 bits per heavy atom. The molecule has 0 spiro atoms. The maximum absolute atomic E-state index is 12.0. The highest BCUT2D eigenvalue weighted by Crippen LogP contribution is 2.62. The number of hydrogen-bond donors (Lipinski definition) is 0. The summed E-state index contributed by atoms with van der Waals surface area (Å²) in [7, 11) is 0. The second-order valence-corrected chi connectivity index (χ2v) is 8.05. The molecule has 0 aromatic heterocycles. The Kier molecular flexibility index (Phi) is 3.01. The Labute approximate surface area is 138 Å². The van der Waals surface area contributed by atoms with Gasteiger partial charge in [0, 0.05) is 10.8 Å². The van der Waals surface area contributed by atoms with Crippen LogP contribution in [0.3, 0.4) is 0 Å². The molecule has 4 aliphatic carbocycles. The average Bonchev–Trinajstić information content (AvgIpc) is 2.85. The van der Waals surface area contributed by atoms with Crippen LogP contribution in [-0.4, -0.2) is 11.6 Å². The zero-order valence-electron chi connectivity index (χ0n) is 14.2. The maximum atomic E-state index is 12.0. The van der Waals surface area contributed by atoms with E-state index in [1.165, 1.54) is 11.1 Å². The standard InChI is InChI=1S/C21H24O2/c1-13(22)17-6-7-18-16-5-4-14-12-15(23)8-10-20(14,2)19(16)9-11-21(17,18)3/h6,8-10,12,16,18H,4-5,7,11H2,1-3H3/t16-,18+,20+,21-/m1/s1. The van der Waals surface area contributed by atoms with E-state index in [1.54, 1.807) is 13.0 Å². The predicted octanol–water partition coefficient (Wildman–Crippen LogP) is 4.34. The van der Waals surface area contributed by atoms with Gasteiger partial charge in [-0.1, -0.05) is 36.3 Å². The smallest absolute Gasteiger partial charge is 0.178 e. The third-order valence-corrected chi connectivity index (χ3v) is 6.91. The summed E-state index contributed by atoms with van der Waals surface area (Å²) < 4.78 is 0. The van der Waals surface area contributed by atoms with Crippen LogP contribution in [0.1, 0.15) is 46.5 Å². The second kappa shape index (κ2) is 4.66. The van der Waals surface area contributed by atoms with Crippen LogP contribution in [0.4, 0.5) is 0 Å². The molecular weight excluding hydrogens is 284 g/mol. The van der Waals surface area contributed by atoms with Gasteiger partial charge in [-0.3, -0.25) is 9.59 Å². The molecule has 0 amide bonds. The normalized spacial score (nSPS) is 41.3. The van der Waals surface area contributed by atoms with E-state index in [-0.39, 0.29) is 22.4 Å². The van der Waals surface area contributed by atoms with Crippen LogP contribution in [0.2, 0.25) is 0 Å². The summed E-state index contributed by atoms with van der Waals surface area (Å²) in [6.45, 7) is 6.24. The van der Waals surface area contributed by atoms with E-state index in [9.17, 15) is 9.59 Å². The zero-order chi connectivity index (χ0) is 16.4. The van der Waals surface area contributed by atoms with Gasteiger partial charge in [-0.2, -0.15) is 0 Å². The van der Waals surface area contributed by atoms with Gasteiger partial charge in [-0.15, -0.1) is 0 Å². The molecule has 0 aromatic carbocycles. The Morgan fingerprint density at radius 1 is 1.26 bits per heavy atom. The van der Waals surface area contributed by atoms with E-state index in [2.05, 4.69) is 32.1 Å². The molecule has 0 saturated heterocycles. The lowest BCUT2D eigenvalue weighted by atomic mass is 9.52. The fraction of sp³-hybridized carbons (Fsp3) is 0.524. The number of ketones is 2. The zero-order valence-corrected chi connectivity index (χ0v) is 14.2. The molecule has 0 aromatic rings. The SMILES string of the molecule is CC(=O)C1=CC[C@H]2[C@H]3CCC4=CC(=O)C=C[C@]4(C)C3=CC[C@]12C. The molecule has 4 atom stereocenters. The van der Waals surface area contributed by atoms with Crippen molar-refractivity contribution in [2.75, 3.05) is 0 Å². The fourth-order valence-corrected chi connectivity index (χ4v) is 5.65. The fourth-order valence-electron chi connectivity index (χ4n) is 5.65. The number of fused-ring (bicyclic) bond motifs is 5. The van der Waals surface area contributed by atoms with Crippen LogP contribution in [0, 0.1) is 22.7 Å². The van der Waals surface area contributed by atoms with Crippen molar-refractivity contribution in [3.63, 3.8) is 0 Å². The van der Waals surface area contributed by atoms with E-state index < -0.39 is 0 Å². The molecule has 0 heterocycles. The number of carbonyl (C=O) groups excluding carboxylic acids is 2. The van der Waals surface area contributed by atoms with Gasteiger partial charge in [-0.05, 0) is 69.1 Å². The highest BCUT2D eigenvalue weighted by Gasteiger charge is 2.53. The summed E-state index contributed by atoms with van der Waals surface area (Å²) in [5, 5.41) is 0. The first-order valence-corrected chi connectivity index (χ1v) is 8.72. The lowest BCUT2D eigenvalue weighted by Gasteiger charge is -2.51. The Hall–Kier alpha value is -1.70. The number of carbonyl (C=O) groups is 2. The molecule has 0 radical (unpaired) electrons. The van der Waals surface area contributed by atoms with Gasteiger partial charge in [-0.25, -0.2) is 0 Å². The van der Waals surface area contributed by atoms with Gasteiger partial charge in [0.1, 0.15) is 0 Å². The molecule has 120 valence electrons. The Morgan fingerprint density at radius 2 is 2.04 bits per heavy atom. The average molecular weight is 308 g/mol. The minimum atomic E-state index is -0.0862. The van der Waals surface area contributed by atoms with Crippen LogP contribution in [0.5, 0.6) is 0 Å². The quantitative estimate of drug-likeness (QED) is 0.675. The molecule has 2 nitrogen and oxygen atoms in total. The third kappa shape index (κ3) is 1.87. The van der Waals surface area contributed by atoms with Crippen molar-refractivity contribution in [3.8, 4) is 0 Å². The minimum Gasteiger partial charge on any atom is -0.295 e. The van der Waals surface area contributed by atoms with E-state index in [4.69, 9.17) is 0 Å². The van der Waals surface area contributed by atoms with Gasteiger partial charge in [0.2, 0.25) is 0 Å². The largest absolute Gasteiger partial charge is 0.295 e. The van der Waals surface area contributed by atoms with Crippen molar-refractivity contribution in [1.82, 2.24) is 0 Å². The van der Waals surface area contributed by atoms with Gasteiger partial charge in [0.15, 0.2) is 11.6 Å². The molecule has 2 heteroatoms. The predicted molar refractivity (Wildman–Crippen MR) is 90.7 cm³/mol. The van der Waals surface area contributed by atoms with Crippen LogP contribution in [-0.2, 0) is 9.59 Å². The van der Waals surface area contributed by atoms with Crippen LogP contribution in [0.15, 0.2) is 47.1 Å². The maximum Gasteiger partial charge on any atom is 0.178 e. The molecule has 0 aliphatic heterocycles. The van der Waals surface area contributed by atoms with E-state index >= 15 is 0 Å². The topological polar surface area (TPSA) is 34.1 Å². The lowest BCUT2D eigenvalue weighted by molar-refractivity contribution is -0.115. The summed E-state index contributed by atoms with van der Waals surface area (Å²) in [6, 6.07) is 0. The van der Waals surface area contributed by atoms with Crippen molar-refractivity contribution < 1.29 is 9.59 Å². The van der Waals surface area contributed by atoms with Crippen LogP contribution in [0.25, 0.3) is 0 Å². The summed E-state index contributed by atoms with van der Waals surface area (Å²) in [4.78, 5) is 23.8. The molecule has 0 unspecified atom stereocenters. The molecule has 4 aliphatic rings. The van der Waals surface area contributed by atoms with Gasteiger partial charge in [0.25, 0.3) is 0 Å². The summed E-state index contributed by atoms with van der Waals surface area (Å²) in [5.41, 5.74) is 3.72. The van der Waals surface area contributed by atoms with Crippen molar-refractivity contribution in [2.45, 2.75) is 46.5 Å². The Balaban J connectivity index is 1.77. The van der Waals surface area contributed by atoms with Crippen molar-refractivity contribution >= 4 is 11.6 Å². The monoisotopic (exact) mass is 308 g/mol. The van der Waals surface area contributed by atoms with E-state index in [1.807, 2.05) is 6.08 Å². The molecule has 4 rings (SSSR count). The molecular formula is C21H24O2. The number of hydrogen-bond acceptors (Lipinski definition) is 2. The van der Waals surface area contributed by atoms with E-state index in [0.717, 1.165) is 31.3 Å². The highest BCUT2D eigenvalue weighted by atomic mass is 16.1. The lowest BCUT2D eigenvalue weighted by Crippen LogP contribution is -2.43. The van der Waals surface area contributed by atoms with Crippen LogP contribution < -0.4 is 0 Å². The van der Waals surface area contributed by atoms with E-state index in [0.29, 0.717) is 11.8 Å². The summed E-state index contributed by atoms with van der Waals surface area (Å²) >= 11 is 0. The first-order chi connectivity index (χ1) is 10.9. The molecule has 1 saturated carbocycles. The summed E-state index contributed by atoms with van der Waals surface area (Å²) in [5.74, 6) is 1.42. The molecule has 0 bridgehead atoms. The minimum absolute atomic E-state index is 0.00573. The number of rotatable bonds is 1. The van der Waals surface area contributed by atoms with Gasteiger partial charge >= 0.3 is 0 Å². The van der Waals surface area contributed by atoms with Crippen molar-refractivity contribution in [1.29, 1.82) is 0 Å². The second-order valence-electron chi connectivity index (χ2n) is 8.05. The van der Waals surface area contributed by atoms with Gasteiger partial charge in [0.05, 0.1) is 0 Å². The number of allylic oxidation sites excluding steroid dienone is 8. The van der Waals surface area contributed by atoms with Gasteiger partial charge < -0.3 is 0 Å². The van der Waals surface area contributed by atoms with Crippen molar-refractivity contribution in [2.24, 2.45) is 22.7 Å². The molecule has 0 N–H and O–H groups in total. The number of Topliss-reactive ketones (excluding diaryl/α,β-unsaturated/α-hetero) is 1. The van der Waals surface area contributed by atoms with Crippen molar-refractivity contribution in [3.05, 3.63) is 47.1 Å². The van der Waals surface area contributed by atoms with Crippen LogP contribution >= 0.6 is 0 Å². The first kappa shape index (κ1) is 14.9. The molecule has 1 fully saturated rings. The Bertz CT molecular complexity index is 733. The first-order valence-electron chi connectivity index (χ1n) is 8.72.